The zero-order valence-corrected chi connectivity index (χ0v) is 11.5. The van der Waals surface area contributed by atoms with Crippen molar-refractivity contribution in [1.29, 1.82) is 0 Å². The van der Waals surface area contributed by atoms with Crippen molar-refractivity contribution in [2.75, 3.05) is 25.5 Å². The number of aliphatic carboxylic acids is 1. The van der Waals surface area contributed by atoms with Crippen LogP contribution in [-0.2, 0) is 9.59 Å². The lowest BCUT2D eigenvalue weighted by Crippen LogP contribution is -2.44. The van der Waals surface area contributed by atoms with Crippen LogP contribution in [0.2, 0.25) is 0 Å². The molecular weight excluding hydrogens is 282 g/mol. The zero-order chi connectivity index (χ0) is 16.0. The van der Waals surface area contributed by atoms with Gasteiger partial charge in [0.1, 0.15) is 13.1 Å². The predicted octanol–water partition coefficient (Wildman–Crippen LogP) is -0.803. The molecule has 10 nitrogen and oxygen atoms in total. The number of rotatable bonds is 6. The van der Waals surface area contributed by atoms with Crippen molar-refractivity contribution in [2.24, 2.45) is 5.73 Å². The molecule has 0 fully saturated rings. The number of nitrogens with zero attached hydrogens (tertiary/aromatic N) is 3. The van der Waals surface area contributed by atoms with E-state index in [1.165, 1.54) is 7.11 Å². The molecule has 10 heteroatoms. The number of nitrogens with two attached hydrogens (primary N) is 1. The Balaban J connectivity index is 2.87. The molecule has 114 valence electrons. The molecule has 0 aliphatic heterocycles. The molecule has 0 radical (unpaired) electrons. The number of primary amides is 1. The SMILES string of the molecule is COc1cc(C)nc(NC(=O)N(CC(N)=O)CC(=O)O)n1. The Kier molecular flexibility index (Phi) is 5.40. The molecule has 1 rings (SSSR count). The number of hydrogen-bond acceptors (Lipinski definition) is 6. The second-order valence-corrected chi connectivity index (χ2v) is 4.02. The van der Waals surface area contributed by atoms with E-state index in [9.17, 15) is 14.4 Å². The Labute approximate surface area is 119 Å². The summed E-state index contributed by atoms with van der Waals surface area (Å²) in [5, 5.41) is 11.0. The van der Waals surface area contributed by atoms with Crippen LogP contribution in [0.15, 0.2) is 6.07 Å². The molecular formula is C11H15N5O5. The minimum absolute atomic E-state index is 0.0725. The molecule has 0 saturated heterocycles. The second kappa shape index (κ2) is 7.03. The zero-order valence-electron chi connectivity index (χ0n) is 11.5. The Morgan fingerprint density at radius 1 is 1.38 bits per heavy atom. The van der Waals surface area contributed by atoms with E-state index in [0.717, 1.165) is 4.90 Å². The number of aromatic nitrogens is 2. The average molecular weight is 297 g/mol. The van der Waals surface area contributed by atoms with Gasteiger partial charge >= 0.3 is 12.0 Å². The molecule has 4 N–H and O–H groups in total. The van der Waals surface area contributed by atoms with E-state index < -0.39 is 31.0 Å². The number of carboxylic acids is 1. The molecule has 0 atom stereocenters. The molecule has 0 aliphatic rings. The van der Waals surface area contributed by atoms with Crippen LogP contribution in [0, 0.1) is 6.92 Å². The monoisotopic (exact) mass is 297 g/mol. The third-order valence-corrected chi connectivity index (χ3v) is 2.22. The summed E-state index contributed by atoms with van der Waals surface area (Å²) < 4.78 is 4.92. The fourth-order valence-electron chi connectivity index (χ4n) is 1.43. The molecule has 0 bridgehead atoms. The number of ether oxygens (including phenoxy) is 1. The van der Waals surface area contributed by atoms with E-state index in [1.807, 2.05) is 0 Å². The maximum Gasteiger partial charge on any atom is 0.325 e. The van der Waals surface area contributed by atoms with Gasteiger partial charge in [0.05, 0.1) is 7.11 Å². The summed E-state index contributed by atoms with van der Waals surface area (Å²) in [6, 6.07) is 0.692. The first-order chi connectivity index (χ1) is 9.81. The minimum Gasteiger partial charge on any atom is -0.481 e. The van der Waals surface area contributed by atoms with E-state index in [4.69, 9.17) is 15.6 Å². The van der Waals surface area contributed by atoms with Crippen LogP contribution >= 0.6 is 0 Å². The van der Waals surface area contributed by atoms with Crippen LogP contribution in [0.25, 0.3) is 0 Å². The van der Waals surface area contributed by atoms with Gasteiger partial charge in [-0.3, -0.25) is 14.9 Å². The molecule has 0 aliphatic carbocycles. The van der Waals surface area contributed by atoms with Gasteiger partial charge in [0, 0.05) is 11.8 Å². The minimum atomic E-state index is -1.28. The van der Waals surface area contributed by atoms with Crippen molar-refractivity contribution in [3.05, 3.63) is 11.8 Å². The van der Waals surface area contributed by atoms with Crippen molar-refractivity contribution in [1.82, 2.24) is 14.9 Å². The van der Waals surface area contributed by atoms with Gasteiger partial charge in [0.25, 0.3) is 0 Å². The molecule has 1 aromatic rings. The van der Waals surface area contributed by atoms with Crippen LogP contribution in [0.1, 0.15) is 5.69 Å². The largest absolute Gasteiger partial charge is 0.481 e. The summed E-state index contributed by atoms with van der Waals surface area (Å²) in [7, 11) is 1.40. The maximum absolute atomic E-state index is 11.9. The number of amides is 3. The first-order valence-corrected chi connectivity index (χ1v) is 5.77. The van der Waals surface area contributed by atoms with Crippen LogP contribution in [0.5, 0.6) is 5.88 Å². The summed E-state index contributed by atoms with van der Waals surface area (Å²) in [5.41, 5.74) is 5.50. The predicted molar refractivity (Wildman–Crippen MR) is 70.7 cm³/mol. The van der Waals surface area contributed by atoms with Crippen LogP contribution in [0.4, 0.5) is 10.7 Å². The average Bonchev–Trinajstić information content (AvgIpc) is 2.35. The summed E-state index contributed by atoms with van der Waals surface area (Å²) in [5.74, 6) is -1.96. The van der Waals surface area contributed by atoms with Crippen LogP contribution < -0.4 is 15.8 Å². The first-order valence-electron chi connectivity index (χ1n) is 5.77. The van der Waals surface area contributed by atoms with Crippen molar-refractivity contribution in [3.63, 3.8) is 0 Å². The number of urea groups is 1. The quantitative estimate of drug-likeness (QED) is 0.622. The lowest BCUT2D eigenvalue weighted by Gasteiger charge is -2.19. The standard InChI is InChI=1S/C11H15N5O5/c1-6-3-8(21-2)14-10(13-6)15-11(20)16(4-7(12)17)5-9(18)19/h3H,4-5H2,1-2H3,(H2,12,17)(H,18,19)(H,13,14,15,20). The van der Waals surface area contributed by atoms with Gasteiger partial charge < -0.3 is 20.5 Å². The molecule has 21 heavy (non-hydrogen) atoms. The van der Waals surface area contributed by atoms with Gasteiger partial charge in [0.15, 0.2) is 0 Å². The van der Waals surface area contributed by atoms with Crippen molar-refractivity contribution >= 4 is 23.9 Å². The van der Waals surface area contributed by atoms with E-state index in [1.54, 1.807) is 13.0 Å². The Morgan fingerprint density at radius 3 is 2.57 bits per heavy atom. The number of anilines is 1. The lowest BCUT2D eigenvalue weighted by molar-refractivity contribution is -0.137. The number of methoxy groups -OCH3 is 1. The summed E-state index contributed by atoms with van der Waals surface area (Å²) >= 11 is 0. The highest BCUT2D eigenvalue weighted by Crippen LogP contribution is 2.11. The normalized spacial score (nSPS) is 9.81. The van der Waals surface area contributed by atoms with Crippen molar-refractivity contribution < 1.29 is 24.2 Å². The number of carboxylic acid groups (broad SMARTS) is 1. The summed E-state index contributed by atoms with van der Waals surface area (Å²) in [4.78, 5) is 42.0. The van der Waals surface area contributed by atoms with Gasteiger partial charge in [-0.2, -0.15) is 4.98 Å². The van der Waals surface area contributed by atoms with Crippen LogP contribution in [0.3, 0.4) is 0 Å². The molecule has 0 unspecified atom stereocenters. The second-order valence-electron chi connectivity index (χ2n) is 4.02. The van der Waals surface area contributed by atoms with Gasteiger partial charge in [-0.05, 0) is 6.92 Å². The highest BCUT2D eigenvalue weighted by molar-refractivity contribution is 5.92. The third-order valence-electron chi connectivity index (χ3n) is 2.22. The fraction of sp³-hybridized carbons (Fsp3) is 0.364. The van der Waals surface area contributed by atoms with Gasteiger partial charge in [0.2, 0.25) is 17.7 Å². The van der Waals surface area contributed by atoms with Gasteiger partial charge in [-0.25, -0.2) is 9.78 Å². The number of hydrogen-bond donors (Lipinski definition) is 3. The van der Waals surface area contributed by atoms with E-state index in [2.05, 4.69) is 15.3 Å². The molecule has 0 saturated carbocycles. The first kappa shape index (κ1) is 16.1. The van der Waals surface area contributed by atoms with E-state index in [-0.39, 0.29) is 11.8 Å². The smallest absolute Gasteiger partial charge is 0.325 e. The highest BCUT2D eigenvalue weighted by atomic mass is 16.5. The highest BCUT2D eigenvalue weighted by Gasteiger charge is 2.20. The van der Waals surface area contributed by atoms with Crippen molar-refractivity contribution in [2.45, 2.75) is 6.92 Å². The Bertz CT molecular complexity index is 546. The van der Waals surface area contributed by atoms with Crippen molar-refractivity contribution in [3.8, 4) is 5.88 Å². The van der Waals surface area contributed by atoms with Gasteiger partial charge in [-0.15, -0.1) is 0 Å². The maximum atomic E-state index is 11.9. The van der Waals surface area contributed by atoms with E-state index >= 15 is 0 Å². The third kappa shape index (κ3) is 5.30. The Hall–Kier alpha value is -2.91. The summed E-state index contributed by atoms with van der Waals surface area (Å²) in [6.45, 7) is 0.442. The number of carbonyl (C=O) groups excluding carboxylic acids is 2. The van der Waals surface area contributed by atoms with Gasteiger partial charge in [-0.1, -0.05) is 0 Å². The number of carbonyl (C=O) groups is 3. The molecule has 1 heterocycles. The Morgan fingerprint density at radius 2 is 2.05 bits per heavy atom. The lowest BCUT2D eigenvalue weighted by atomic mass is 10.4. The fourth-order valence-corrected chi connectivity index (χ4v) is 1.43. The number of aryl methyl sites for hydroxylation is 1. The van der Waals surface area contributed by atoms with Crippen LogP contribution in [-0.4, -0.2) is 58.1 Å². The molecule has 0 spiro atoms. The van der Waals surface area contributed by atoms with E-state index in [0.29, 0.717) is 5.69 Å². The summed E-state index contributed by atoms with van der Waals surface area (Å²) in [6.07, 6.45) is 0. The topological polar surface area (TPSA) is 148 Å². The molecule has 0 aromatic carbocycles. The molecule has 1 aromatic heterocycles. The number of nitrogens with one attached hydrogen (secondary N) is 1. The molecule has 3 amide bonds.